The Labute approximate surface area is 179 Å². The minimum Gasteiger partial charge on any atom is -0.459 e. The van der Waals surface area contributed by atoms with E-state index in [1.54, 1.807) is 18.4 Å². The molecule has 1 N–H and O–H groups in total. The van der Waals surface area contributed by atoms with Crippen LogP contribution in [0.5, 0.6) is 0 Å². The fraction of sp³-hybridized carbons (Fsp3) is 0.522. The number of hydrogen-bond donors (Lipinski definition) is 1. The second-order valence-electron chi connectivity index (χ2n) is 8.78. The normalized spacial score (nSPS) is 19.8. The highest BCUT2D eigenvalue weighted by Crippen LogP contribution is 2.43. The lowest BCUT2D eigenvalue weighted by molar-refractivity contribution is 0.0686. The number of hydrogen-bond acceptors (Lipinski definition) is 6. The second kappa shape index (κ2) is 7.38. The molecule has 30 heavy (non-hydrogen) atoms. The molecule has 3 aliphatic rings. The van der Waals surface area contributed by atoms with Crippen LogP contribution in [-0.2, 0) is 12.8 Å². The van der Waals surface area contributed by atoms with Crippen molar-refractivity contribution in [2.24, 2.45) is 0 Å². The molecule has 7 heteroatoms. The van der Waals surface area contributed by atoms with Gasteiger partial charge in [0.15, 0.2) is 5.76 Å². The topological polar surface area (TPSA) is 71.3 Å². The van der Waals surface area contributed by atoms with E-state index in [0.29, 0.717) is 17.7 Å². The molecule has 0 radical (unpaired) electrons. The van der Waals surface area contributed by atoms with E-state index >= 15 is 0 Å². The van der Waals surface area contributed by atoms with Crippen LogP contribution in [0.3, 0.4) is 0 Å². The number of nitrogens with one attached hydrogen (secondary N) is 1. The zero-order valence-electron chi connectivity index (χ0n) is 17.0. The van der Waals surface area contributed by atoms with Gasteiger partial charge in [0, 0.05) is 29.9 Å². The smallest absolute Gasteiger partial charge is 0.289 e. The van der Waals surface area contributed by atoms with Gasteiger partial charge in [-0.2, -0.15) is 0 Å². The number of carbonyl (C=O) groups is 1. The van der Waals surface area contributed by atoms with Crippen LogP contribution in [0, 0.1) is 0 Å². The van der Waals surface area contributed by atoms with Crippen LogP contribution >= 0.6 is 11.3 Å². The Kier molecular flexibility index (Phi) is 4.52. The van der Waals surface area contributed by atoms with Gasteiger partial charge in [0.25, 0.3) is 5.91 Å². The number of aryl methyl sites for hydroxylation is 2. The summed E-state index contributed by atoms with van der Waals surface area (Å²) in [6.07, 6.45) is 10.7. The number of amides is 1. The highest BCUT2D eigenvalue weighted by Gasteiger charge is 2.31. The van der Waals surface area contributed by atoms with Crippen molar-refractivity contribution in [3.63, 3.8) is 0 Å². The molecule has 4 heterocycles. The first-order valence-corrected chi connectivity index (χ1v) is 12.0. The molecule has 2 fully saturated rings. The van der Waals surface area contributed by atoms with Crippen LogP contribution < -0.4 is 5.32 Å². The maximum Gasteiger partial charge on any atom is 0.289 e. The number of likely N-dealkylation sites (tertiary alicyclic amines) is 1. The molecule has 156 valence electrons. The Hall–Kier alpha value is -2.41. The van der Waals surface area contributed by atoms with Crippen molar-refractivity contribution >= 4 is 33.3 Å². The predicted molar refractivity (Wildman–Crippen MR) is 117 cm³/mol. The molecule has 6 rings (SSSR count). The van der Waals surface area contributed by atoms with Crippen molar-refractivity contribution in [1.29, 1.82) is 0 Å². The van der Waals surface area contributed by atoms with E-state index in [2.05, 4.69) is 5.32 Å². The monoisotopic (exact) mass is 422 g/mol. The van der Waals surface area contributed by atoms with Crippen LogP contribution in [0.4, 0.5) is 5.82 Å². The Morgan fingerprint density at radius 3 is 2.73 bits per heavy atom. The third-order valence-corrected chi connectivity index (χ3v) is 7.82. The quantitative estimate of drug-likeness (QED) is 0.656. The lowest BCUT2D eigenvalue weighted by atomic mass is 9.96. The Morgan fingerprint density at radius 2 is 1.97 bits per heavy atom. The molecular formula is C23H26N4O2S. The molecule has 0 spiro atoms. The predicted octanol–water partition coefficient (Wildman–Crippen LogP) is 4.76. The minimum atomic E-state index is -0.00852. The van der Waals surface area contributed by atoms with E-state index in [-0.39, 0.29) is 5.91 Å². The molecule has 3 aromatic rings. The number of fused-ring (bicyclic) bond motifs is 3. The number of carbonyl (C=O) groups excluding carboxylic acids is 1. The fourth-order valence-electron chi connectivity index (χ4n) is 4.78. The summed E-state index contributed by atoms with van der Waals surface area (Å²) in [5, 5.41) is 5.04. The summed E-state index contributed by atoms with van der Waals surface area (Å²) >= 11 is 1.88. The van der Waals surface area contributed by atoms with Crippen LogP contribution in [-0.4, -0.2) is 39.9 Å². The Bertz CT molecular complexity index is 1080. The first-order valence-electron chi connectivity index (χ1n) is 11.2. The van der Waals surface area contributed by atoms with Gasteiger partial charge in [-0.3, -0.25) is 4.79 Å². The number of piperidine rings is 1. The van der Waals surface area contributed by atoms with Gasteiger partial charge < -0.3 is 14.6 Å². The first-order chi connectivity index (χ1) is 14.8. The molecule has 1 saturated heterocycles. The average molecular weight is 423 g/mol. The molecule has 0 atom stereocenters. The van der Waals surface area contributed by atoms with Gasteiger partial charge in [0.05, 0.1) is 11.6 Å². The minimum absolute atomic E-state index is 0.00852. The average Bonchev–Trinajstić information content (AvgIpc) is 3.34. The zero-order chi connectivity index (χ0) is 20.1. The van der Waals surface area contributed by atoms with Crippen LogP contribution in [0.25, 0.3) is 10.2 Å². The maximum absolute atomic E-state index is 12.5. The number of rotatable bonds is 4. The number of anilines is 1. The zero-order valence-corrected chi connectivity index (χ0v) is 17.8. The van der Waals surface area contributed by atoms with E-state index in [9.17, 15) is 4.79 Å². The highest BCUT2D eigenvalue weighted by molar-refractivity contribution is 7.19. The van der Waals surface area contributed by atoms with Gasteiger partial charge in [-0.1, -0.05) is 0 Å². The third-order valence-electron chi connectivity index (χ3n) is 6.63. The first kappa shape index (κ1) is 18.4. The molecule has 0 unspecified atom stereocenters. The molecule has 1 amide bonds. The summed E-state index contributed by atoms with van der Waals surface area (Å²) in [4.78, 5) is 27.1. The highest BCUT2D eigenvalue weighted by atomic mass is 32.1. The van der Waals surface area contributed by atoms with Crippen molar-refractivity contribution in [3.05, 3.63) is 40.4 Å². The van der Waals surface area contributed by atoms with Crippen LogP contribution in [0.15, 0.2) is 22.8 Å². The van der Waals surface area contributed by atoms with Gasteiger partial charge in [-0.25, -0.2) is 9.97 Å². The SMILES string of the molecule is O=C(c1ccco1)N1CCC(Nc2nc(C3CC3)nc3sc4c(c23)CCCC4)CC1. The van der Waals surface area contributed by atoms with Crippen LogP contribution in [0.2, 0.25) is 0 Å². The van der Waals surface area contributed by atoms with E-state index < -0.39 is 0 Å². The molecular weight excluding hydrogens is 396 g/mol. The van der Waals surface area contributed by atoms with Crippen molar-refractivity contribution in [2.75, 3.05) is 18.4 Å². The second-order valence-corrected chi connectivity index (χ2v) is 9.87. The molecule has 1 aliphatic heterocycles. The summed E-state index contributed by atoms with van der Waals surface area (Å²) < 4.78 is 5.28. The largest absolute Gasteiger partial charge is 0.459 e. The van der Waals surface area contributed by atoms with Crippen molar-refractivity contribution in [3.8, 4) is 0 Å². The molecule has 3 aromatic heterocycles. The summed E-state index contributed by atoms with van der Waals surface area (Å²) in [5.74, 6) is 3.02. The van der Waals surface area contributed by atoms with E-state index in [0.717, 1.165) is 44.0 Å². The lowest BCUT2D eigenvalue weighted by Gasteiger charge is -2.32. The third kappa shape index (κ3) is 3.29. The molecule has 0 aromatic carbocycles. The van der Waals surface area contributed by atoms with E-state index in [4.69, 9.17) is 14.4 Å². The Morgan fingerprint density at radius 1 is 1.13 bits per heavy atom. The van der Waals surface area contributed by atoms with Gasteiger partial charge >= 0.3 is 0 Å². The number of nitrogens with zero attached hydrogens (tertiary/aromatic N) is 3. The summed E-state index contributed by atoms with van der Waals surface area (Å²) in [5.41, 5.74) is 1.48. The Balaban J connectivity index is 1.24. The van der Waals surface area contributed by atoms with Crippen molar-refractivity contribution in [1.82, 2.24) is 14.9 Å². The number of thiophene rings is 1. The number of furan rings is 1. The molecule has 2 aliphatic carbocycles. The standard InChI is InChI=1S/C23H26N4O2S/c28-23(17-5-3-13-29-17)27-11-9-15(10-12-27)24-21-19-16-4-1-2-6-18(16)30-22(19)26-20(25-21)14-7-8-14/h3,5,13-15H,1-2,4,6-12H2,(H,24,25,26). The fourth-order valence-corrected chi connectivity index (χ4v) is 6.05. The van der Waals surface area contributed by atoms with Crippen molar-refractivity contribution < 1.29 is 9.21 Å². The van der Waals surface area contributed by atoms with Gasteiger partial charge in [-0.05, 0) is 69.1 Å². The van der Waals surface area contributed by atoms with Gasteiger partial charge in [0.1, 0.15) is 16.5 Å². The van der Waals surface area contributed by atoms with Gasteiger partial charge in [-0.15, -0.1) is 11.3 Å². The summed E-state index contributed by atoms with van der Waals surface area (Å²) in [6, 6.07) is 3.83. The number of aromatic nitrogens is 2. The van der Waals surface area contributed by atoms with E-state index in [1.165, 1.54) is 52.8 Å². The summed E-state index contributed by atoms with van der Waals surface area (Å²) in [6.45, 7) is 1.48. The van der Waals surface area contributed by atoms with E-state index in [1.807, 2.05) is 16.2 Å². The molecule has 1 saturated carbocycles. The lowest BCUT2D eigenvalue weighted by Crippen LogP contribution is -2.42. The summed E-state index contributed by atoms with van der Waals surface area (Å²) in [7, 11) is 0. The maximum atomic E-state index is 12.5. The van der Waals surface area contributed by atoms with Crippen LogP contribution in [0.1, 0.15) is 71.3 Å². The van der Waals surface area contributed by atoms with Crippen molar-refractivity contribution in [2.45, 2.75) is 63.3 Å². The molecule has 0 bridgehead atoms. The van der Waals surface area contributed by atoms with Gasteiger partial charge in [0.2, 0.25) is 0 Å². The molecule has 6 nitrogen and oxygen atoms in total.